The first-order chi connectivity index (χ1) is 16.6. The molecule has 0 saturated heterocycles. The minimum absolute atomic E-state index is 0.00280. The summed E-state index contributed by atoms with van der Waals surface area (Å²) in [5, 5.41) is 0. The number of ether oxygens (including phenoxy) is 2. The summed E-state index contributed by atoms with van der Waals surface area (Å²) >= 11 is 0. The van der Waals surface area contributed by atoms with E-state index in [0.29, 0.717) is 30.9 Å². The van der Waals surface area contributed by atoms with E-state index in [2.05, 4.69) is 6.92 Å². The van der Waals surface area contributed by atoms with Gasteiger partial charge in [-0.05, 0) is 42.7 Å². The normalized spacial score (nSPS) is 13.6. The van der Waals surface area contributed by atoms with Gasteiger partial charge < -0.3 is 19.3 Å². The second-order valence-electron chi connectivity index (χ2n) is 8.42. The van der Waals surface area contributed by atoms with Crippen LogP contribution in [0.1, 0.15) is 24.5 Å². The SMILES string of the molecule is COc1ccccc1C[C@@H](C)N(Cc1ccccc1)C(=O)CCN1C(=O)COc2ccccc21. The molecule has 6 nitrogen and oxygen atoms in total. The number of anilines is 1. The molecule has 0 aliphatic carbocycles. The van der Waals surface area contributed by atoms with Crippen LogP contribution in [0.5, 0.6) is 11.5 Å². The summed E-state index contributed by atoms with van der Waals surface area (Å²) in [4.78, 5) is 29.6. The molecule has 3 aromatic rings. The second kappa shape index (κ2) is 10.9. The molecule has 0 radical (unpaired) electrons. The van der Waals surface area contributed by atoms with Crippen molar-refractivity contribution in [1.29, 1.82) is 0 Å². The minimum atomic E-state index is -0.136. The van der Waals surface area contributed by atoms with Crippen molar-refractivity contribution < 1.29 is 19.1 Å². The number of amides is 2. The van der Waals surface area contributed by atoms with E-state index >= 15 is 0 Å². The average Bonchev–Trinajstić information content (AvgIpc) is 2.87. The fourth-order valence-corrected chi connectivity index (χ4v) is 4.32. The van der Waals surface area contributed by atoms with Crippen LogP contribution in [0.15, 0.2) is 78.9 Å². The summed E-state index contributed by atoms with van der Waals surface area (Å²) in [5.74, 6) is 1.35. The maximum Gasteiger partial charge on any atom is 0.265 e. The lowest BCUT2D eigenvalue weighted by atomic mass is 10.0. The molecule has 176 valence electrons. The molecule has 0 bridgehead atoms. The largest absolute Gasteiger partial charge is 0.496 e. The van der Waals surface area contributed by atoms with E-state index < -0.39 is 0 Å². The van der Waals surface area contributed by atoms with Crippen molar-refractivity contribution in [2.45, 2.75) is 32.4 Å². The molecule has 1 atom stereocenters. The summed E-state index contributed by atoms with van der Waals surface area (Å²) < 4.78 is 11.0. The Morgan fingerprint density at radius 2 is 1.74 bits per heavy atom. The van der Waals surface area contributed by atoms with Crippen molar-refractivity contribution in [1.82, 2.24) is 4.90 Å². The van der Waals surface area contributed by atoms with Crippen LogP contribution >= 0.6 is 0 Å². The Morgan fingerprint density at radius 3 is 2.53 bits per heavy atom. The van der Waals surface area contributed by atoms with Gasteiger partial charge in [0.1, 0.15) is 11.5 Å². The van der Waals surface area contributed by atoms with Crippen molar-refractivity contribution in [2.24, 2.45) is 0 Å². The topological polar surface area (TPSA) is 59.1 Å². The summed E-state index contributed by atoms with van der Waals surface area (Å²) in [7, 11) is 1.66. The number of nitrogens with zero attached hydrogens (tertiary/aromatic N) is 2. The third kappa shape index (κ3) is 5.39. The number of hydrogen-bond donors (Lipinski definition) is 0. The van der Waals surface area contributed by atoms with Crippen molar-refractivity contribution in [3.8, 4) is 11.5 Å². The maximum atomic E-state index is 13.5. The van der Waals surface area contributed by atoms with Crippen molar-refractivity contribution in [2.75, 3.05) is 25.2 Å². The zero-order valence-electron chi connectivity index (χ0n) is 19.6. The predicted octanol–water partition coefficient (Wildman–Crippen LogP) is 4.47. The van der Waals surface area contributed by atoms with E-state index in [9.17, 15) is 9.59 Å². The van der Waals surface area contributed by atoms with E-state index in [1.165, 1.54) is 0 Å². The molecule has 34 heavy (non-hydrogen) atoms. The van der Waals surface area contributed by atoms with Gasteiger partial charge in [0.25, 0.3) is 5.91 Å². The van der Waals surface area contributed by atoms with Gasteiger partial charge in [0.05, 0.1) is 12.8 Å². The fourth-order valence-electron chi connectivity index (χ4n) is 4.32. The fraction of sp³-hybridized carbons (Fsp3) is 0.286. The first kappa shape index (κ1) is 23.4. The van der Waals surface area contributed by atoms with E-state index in [-0.39, 0.29) is 30.9 Å². The van der Waals surface area contributed by atoms with Gasteiger partial charge in [-0.3, -0.25) is 9.59 Å². The zero-order chi connectivity index (χ0) is 23.9. The van der Waals surface area contributed by atoms with Crippen LogP contribution in [0.25, 0.3) is 0 Å². The molecule has 0 unspecified atom stereocenters. The molecule has 0 spiro atoms. The van der Waals surface area contributed by atoms with Crippen LogP contribution in [0.2, 0.25) is 0 Å². The van der Waals surface area contributed by atoms with Gasteiger partial charge in [0.2, 0.25) is 5.91 Å². The maximum absolute atomic E-state index is 13.5. The lowest BCUT2D eigenvalue weighted by Gasteiger charge is -2.32. The molecule has 3 aromatic carbocycles. The van der Waals surface area contributed by atoms with Crippen LogP contribution in [0.3, 0.4) is 0 Å². The molecular weight excluding hydrogens is 428 g/mol. The van der Waals surface area contributed by atoms with Gasteiger partial charge in [-0.1, -0.05) is 60.7 Å². The third-order valence-electron chi connectivity index (χ3n) is 6.11. The molecule has 0 N–H and O–H groups in total. The highest BCUT2D eigenvalue weighted by atomic mass is 16.5. The Hall–Kier alpha value is -3.80. The Kier molecular flexibility index (Phi) is 7.48. The summed E-state index contributed by atoms with van der Waals surface area (Å²) in [6, 6.07) is 25.2. The number of carbonyl (C=O) groups is 2. The van der Waals surface area contributed by atoms with Crippen LogP contribution in [-0.2, 0) is 22.6 Å². The van der Waals surface area contributed by atoms with Crippen molar-refractivity contribution in [3.63, 3.8) is 0 Å². The van der Waals surface area contributed by atoms with Crippen LogP contribution in [0.4, 0.5) is 5.69 Å². The highest BCUT2D eigenvalue weighted by molar-refractivity contribution is 5.98. The zero-order valence-corrected chi connectivity index (χ0v) is 19.6. The first-order valence-corrected chi connectivity index (χ1v) is 11.5. The Morgan fingerprint density at radius 1 is 1.03 bits per heavy atom. The monoisotopic (exact) mass is 458 g/mol. The number of fused-ring (bicyclic) bond motifs is 1. The highest BCUT2D eigenvalue weighted by Gasteiger charge is 2.27. The van der Waals surface area contributed by atoms with Gasteiger partial charge in [0.15, 0.2) is 6.61 Å². The number of para-hydroxylation sites is 3. The van der Waals surface area contributed by atoms with Gasteiger partial charge in [-0.15, -0.1) is 0 Å². The quantitative estimate of drug-likeness (QED) is 0.475. The number of methoxy groups -OCH3 is 1. The van der Waals surface area contributed by atoms with Crippen LogP contribution in [0, 0.1) is 0 Å². The Balaban J connectivity index is 1.51. The standard InChI is InChI=1S/C28H30N2O4/c1-21(18-23-12-6-8-14-25(23)33-2)30(19-22-10-4-3-5-11-22)27(31)16-17-29-24-13-7-9-15-26(24)34-20-28(29)32/h3-15,21H,16-20H2,1-2H3/t21-/m1/s1. The summed E-state index contributed by atoms with van der Waals surface area (Å²) in [6.07, 6.45) is 0.894. The molecule has 0 aromatic heterocycles. The van der Waals surface area contributed by atoms with Gasteiger partial charge in [-0.25, -0.2) is 0 Å². The molecule has 0 saturated carbocycles. The first-order valence-electron chi connectivity index (χ1n) is 11.5. The number of benzene rings is 3. The second-order valence-corrected chi connectivity index (χ2v) is 8.42. The van der Waals surface area contributed by atoms with E-state index in [0.717, 1.165) is 16.9 Å². The van der Waals surface area contributed by atoms with Gasteiger partial charge >= 0.3 is 0 Å². The Bertz CT molecular complexity index is 1130. The third-order valence-corrected chi connectivity index (χ3v) is 6.11. The van der Waals surface area contributed by atoms with Crippen molar-refractivity contribution >= 4 is 17.5 Å². The van der Waals surface area contributed by atoms with Crippen LogP contribution in [-0.4, -0.2) is 43.0 Å². The van der Waals surface area contributed by atoms with E-state index in [4.69, 9.17) is 9.47 Å². The Labute approximate surface area is 200 Å². The average molecular weight is 459 g/mol. The molecule has 1 heterocycles. The number of rotatable bonds is 9. The summed E-state index contributed by atoms with van der Waals surface area (Å²) in [6.45, 7) is 2.86. The molecular formula is C28H30N2O4. The lowest BCUT2D eigenvalue weighted by Crippen LogP contribution is -2.44. The minimum Gasteiger partial charge on any atom is -0.496 e. The predicted molar refractivity (Wildman–Crippen MR) is 132 cm³/mol. The molecule has 0 fully saturated rings. The smallest absolute Gasteiger partial charge is 0.265 e. The molecule has 2 amide bonds. The van der Waals surface area contributed by atoms with Crippen molar-refractivity contribution in [3.05, 3.63) is 90.0 Å². The number of hydrogen-bond acceptors (Lipinski definition) is 4. The molecule has 6 heteroatoms. The number of carbonyl (C=O) groups excluding carboxylic acids is 2. The highest BCUT2D eigenvalue weighted by Crippen LogP contribution is 2.31. The lowest BCUT2D eigenvalue weighted by molar-refractivity contribution is -0.133. The van der Waals surface area contributed by atoms with Crippen LogP contribution < -0.4 is 14.4 Å². The summed E-state index contributed by atoms with van der Waals surface area (Å²) in [5.41, 5.74) is 2.83. The van der Waals surface area contributed by atoms with E-state index in [1.54, 1.807) is 12.0 Å². The molecule has 4 rings (SSSR count). The van der Waals surface area contributed by atoms with Gasteiger partial charge in [-0.2, -0.15) is 0 Å². The van der Waals surface area contributed by atoms with E-state index in [1.807, 2.05) is 83.8 Å². The molecule has 1 aliphatic heterocycles. The molecule has 1 aliphatic rings. The van der Waals surface area contributed by atoms with Gasteiger partial charge in [0, 0.05) is 25.6 Å².